The second-order valence-electron chi connectivity index (χ2n) is 17.9. The highest BCUT2D eigenvalue weighted by Crippen LogP contribution is 2.52. The largest absolute Gasteiger partial charge is 0.338 e. The van der Waals surface area contributed by atoms with E-state index in [-0.39, 0.29) is 0 Å². The third-order valence-electron chi connectivity index (χ3n) is 14.0. The van der Waals surface area contributed by atoms with Gasteiger partial charge in [0.05, 0.1) is 74.0 Å². The lowest BCUT2D eigenvalue weighted by Crippen LogP contribution is -2.33. The molecule has 11 rings (SSSR count). The van der Waals surface area contributed by atoms with Crippen LogP contribution in [0.25, 0.3) is 28.5 Å². The van der Waals surface area contributed by atoms with Gasteiger partial charge in [-0.05, 0) is 180 Å². The van der Waals surface area contributed by atoms with Crippen molar-refractivity contribution in [1.29, 1.82) is 0 Å². The Balaban J connectivity index is 1.02. The highest BCUT2D eigenvalue weighted by atomic mass is 15.4. The molecule has 0 fully saturated rings. The summed E-state index contributed by atoms with van der Waals surface area (Å²) in [6, 6.07) is 60.4. The van der Waals surface area contributed by atoms with Crippen LogP contribution in [0.2, 0.25) is 0 Å². The Morgan fingerprint density at radius 1 is 0.384 bits per heavy atom. The molecule has 3 aliphatic heterocycles. The average molecular weight is 954 g/mol. The van der Waals surface area contributed by atoms with Gasteiger partial charge in [0.1, 0.15) is 0 Å². The van der Waals surface area contributed by atoms with Crippen LogP contribution in [0, 0.1) is 0 Å². The predicted octanol–water partition coefficient (Wildman–Crippen LogP) is 16.4. The number of nitrogens with zero attached hydrogens (tertiary/aromatic N) is 9. The van der Waals surface area contributed by atoms with Gasteiger partial charge in [-0.2, -0.15) is 0 Å². The van der Waals surface area contributed by atoms with Gasteiger partial charge in [-0.15, -0.1) is 5.10 Å². The van der Waals surface area contributed by atoms with Gasteiger partial charge < -0.3 is 29.4 Å². The molecular formula is C64H59N9. The molecule has 0 radical (unpaired) electrons. The van der Waals surface area contributed by atoms with Crippen molar-refractivity contribution in [2.24, 2.45) is 0 Å². The second kappa shape index (κ2) is 19.6. The number of hydrogen-bond donors (Lipinski definition) is 0. The predicted molar refractivity (Wildman–Crippen MR) is 307 cm³/mol. The molecule has 8 aromatic rings. The van der Waals surface area contributed by atoms with Gasteiger partial charge in [0.25, 0.3) is 0 Å². The SMILES string of the molecule is C=CC1=C(/C=C\C)N(c2ccc(-c3nc(-c4ccc(N5C(/C=C\C)=C(C=C)N(CC)c6ccccc65)cc4)n(-c4ccc(N5c6ccccc6N(CC)c6ccccc65)cc4)n3)cc2)c2ccccc2N1CC. The molecule has 0 saturated carbocycles. The van der Waals surface area contributed by atoms with Crippen molar-refractivity contribution in [3.63, 3.8) is 0 Å². The molecule has 1 aromatic heterocycles. The summed E-state index contributed by atoms with van der Waals surface area (Å²) in [6.07, 6.45) is 12.4. The van der Waals surface area contributed by atoms with Crippen LogP contribution in [0.1, 0.15) is 34.6 Å². The summed E-state index contributed by atoms with van der Waals surface area (Å²) < 4.78 is 1.98. The molecule has 0 bridgehead atoms. The molecule has 9 heteroatoms. The third-order valence-corrected chi connectivity index (χ3v) is 14.0. The number of benzene rings is 7. The first-order valence-electron chi connectivity index (χ1n) is 25.3. The van der Waals surface area contributed by atoms with Crippen molar-refractivity contribution >= 4 is 62.6 Å². The Morgan fingerprint density at radius 2 is 0.726 bits per heavy atom. The Kier molecular flexibility index (Phi) is 12.4. The number of anilines is 11. The van der Waals surface area contributed by atoms with E-state index in [1.165, 1.54) is 11.4 Å². The van der Waals surface area contributed by atoms with Crippen molar-refractivity contribution in [2.45, 2.75) is 34.6 Å². The Morgan fingerprint density at radius 3 is 1.12 bits per heavy atom. The minimum atomic E-state index is 0.624. The van der Waals surface area contributed by atoms with Crippen molar-refractivity contribution in [1.82, 2.24) is 14.8 Å². The summed E-state index contributed by atoms with van der Waals surface area (Å²) in [6.45, 7) is 21.7. The second-order valence-corrected chi connectivity index (χ2v) is 17.9. The number of hydrogen-bond acceptors (Lipinski definition) is 8. The molecule has 9 nitrogen and oxygen atoms in total. The van der Waals surface area contributed by atoms with E-state index in [4.69, 9.17) is 10.1 Å². The molecule has 73 heavy (non-hydrogen) atoms. The molecule has 7 aromatic carbocycles. The van der Waals surface area contributed by atoms with Gasteiger partial charge in [0, 0.05) is 47.8 Å². The first kappa shape index (κ1) is 46.3. The number of aromatic nitrogens is 3. The fourth-order valence-corrected chi connectivity index (χ4v) is 10.8. The zero-order chi connectivity index (χ0) is 50.2. The van der Waals surface area contributed by atoms with Gasteiger partial charge in [-0.25, -0.2) is 9.67 Å². The summed E-state index contributed by atoms with van der Waals surface area (Å²) in [5.41, 5.74) is 19.2. The molecule has 0 atom stereocenters. The molecule has 0 unspecified atom stereocenters. The number of likely N-dealkylation sites (N-methyl/N-ethyl adjacent to an activating group) is 2. The Labute approximate surface area is 429 Å². The maximum absolute atomic E-state index is 5.38. The summed E-state index contributed by atoms with van der Waals surface area (Å²) in [7, 11) is 0. The third kappa shape index (κ3) is 7.81. The standard InChI is InChI=1S/C64H59N9/c1-8-23-57-51(10-3)67(12-5)53-25-15-19-29-59(53)70(57)47-37-33-45(34-38-47)63-65-64(46-35-39-48(40-36-46)71-58(24-9-2)52(11-4)68(13-6)54-26-16-20-30-60(54)71)73(66-63)50-43-41-49(42-44-50)72-61-31-21-17-27-55(61)69(14-7)56-28-18-22-32-62(56)72/h8-11,15-44H,3-4,12-14H2,1-2,5-7H3/b23-8-,24-9-. The molecule has 0 spiro atoms. The lowest BCUT2D eigenvalue weighted by molar-refractivity contribution is 0.890. The number of fused-ring (bicyclic) bond motifs is 4. The highest BCUT2D eigenvalue weighted by Gasteiger charge is 2.32. The summed E-state index contributed by atoms with van der Waals surface area (Å²) in [5.74, 6) is 1.36. The van der Waals surface area contributed by atoms with E-state index in [9.17, 15) is 0 Å². The Hall–Kier alpha value is -9.08. The van der Waals surface area contributed by atoms with Crippen LogP contribution in [-0.4, -0.2) is 34.4 Å². The molecule has 360 valence electrons. The fourth-order valence-electron chi connectivity index (χ4n) is 10.8. The minimum Gasteiger partial charge on any atom is -0.338 e. The quantitative estimate of drug-likeness (QED) is 0.113. The van der Waals surface area contributed by atoms with Gasteiger partial charge in [-0.3, -0.25) is 0 Å². The van der Waals surface area contributed by atoms with E-state index in [2.05, 4.69) is 271 Å². The lowest BCUT2D eigenvalue weighted by Gasteiger charge is -2.40. The van der Waals surface area contributed by atoms with Crippen molar-refractivity contribution in [3.8, 4) is 28.5 Å². The molecular weight excluding hydrogens is 895 g/mol. The van der Waals surface area contributed by atoms with Gasteiger partial charge >= 0.3 is 0 Å². The zero-order valence-electron chi connectivity index (χ0n) is 42.2. The van der Waals surface area contributed by atoms with E-state index in [0.717, 1.165) is 116 Å². The van der Waals surface area contributed by atoms with Gasteiger partial charge in [0.2, 0.25) is 0 Å². The van der Waals surface area contributed by atoms with Crippen LogP contribution >= 0.6 is 0 Å². The van der Waals surface area contributed by atoms with Crippen LogP contribution in [0.15, 0.2) is 242 Å². The van der Waals surface area contributed by atoms with Crippen LogP contribution in [0.5, 0.6) is 0 Å². The topological polar surface area (TPSA) is 50.2 Å². The number of rotatable bonds is 13. The van der Waals surface area contributed by atoms with Crippen LogP contribution in [-0.2, 0) is 0 Å². The monoisotopic (exact) mass is 953 g/mol. The number of allylic oxidation sites excluding steroid dienone is 6. The molecule has 0 amide bonds. The van der Waals surface area contributed by atoms with Crippen molar-refractivity contribution < 1.29 is 0 Å². The van der Waals surface area contributed by atoms with Gasteiger partial charge in [-0.1, -0.05) is 73.8 Å². The molecule has 4 heterocycles. The first-order chi connectivity index (χ1) is 35.9. The van der Waals surface area contributed by atoms with E-state index in [1.807, 2.05) is 16.8 Å². The van der Waals surface area contributed by atoms with E-state index in [1.54, 1.807) is 0 Å². The van der Waals surface area contributed by atoms with Crippen molar-refractivity contribution in [2.75, 3.05) is 49.0 Å². The molecule has 3 aliphatic rings. The smallest absolute Gasteiger partial charge is 0.182 e. The lowest BCUT2D eigenvalue weighted by atomic mass is 10.0. The average Bonchev–Trinajstić information content (AvgIpc) is 3.90. The highest BCUT2D eigenvalue weighted by molar-refractivity contribution is 5.98. The molecule has 0 aliphatic carbocycles. The van der Waals surface area contributed by atoms with E-state index in [0.29, 0.717) is 5.82 Å². The molecule has 0 N–H and O–H groups in total. The summed E-state index contributed by atoms with van der Waals surface area (Å²) in [4.78, 5) is 19.4. The zero-order valence-corrected chi connectivity index (χ0v) is 42.2. The maximum Gasteiger partial charge on any atom is 0.182 e. The van der Waals surface area contributed by atoms with Crippen LogP contribution in [0.3, 0.4) is 0 Å². The summed E-state index contributed by atoms with van der Waals surface area (Å²) in [5, 5.41) is 5.34. The summed E-state index contributed by atoms with van der Waals surface area (Å²) >= 11 is 0. The van der Waals surface area contributed by atoms with Gasteiger partial charge in [0.15, 0.2) is 11.6 Å². The normalized spacial score (nSPS) is 14.3. The minimum absolute atomic E-state index is 0.624. The number of para-hydroxylation sites is 8. The van der Waals surface area contributed by atoms with E-state index >= 15 is 0 Å². The fraction of sp³-hybridized carbons (Fsp3) is 0.125. The van der Waals surface area contributed by atoms with E-state index < -0.39 is 0 Å². The maximum atomic E-state index is 5.38. The first-order valence-corrected chi connectivity index (χ1v) is 25.3. The van der Waals surface area contributed by atoms with Crippen LogP contribution in [0.4, 0.5) is 62.6 Å². The Bertz CT molecular complexity index is 3460. The van der Waals surface area contributed by atoms with Crippen molar-refractivity contribution in [3.05, 3.63) is 242 Å². The molecule has 0 saturated heterocycles. The van der Waals surface area contributed by atoms with Crippen LogP contribution < -0.4 is 29.4 Å².